The van der Waals surface area contributed by atoms with Gasteiger partial charge >= 0.3 is 11.9 Å². The van der Waals surface area contributed by atoms with E-state index in [1.165, 1.54) is 23.9 Å². The third kappa shape index (κ3) is 7.01. The van der Waals surface area contributed by atoms with E-state index in [1.807, 2.05) is 62.4 Å². The summed E-state index contributed by atoms with van der Waals surface area (Å²) in [5.41, 5.74) is 3.30. The first-order chi connectivity index (χ1) is 19.7. The second-order valence-electron chi connectivity index (χ2n) is 9.21. The molecule has 0 heterocycles. The van der Waals surface area contributed by atoms with E-state index in [4.69, 9.17) is 5.11 Å². The van der Waals surface area contributed by atoms with Crippen LogP contribution in [-0.2, 0) is 11.2 Å². The lowest BCUT2D eigenvalue weighted by Crippen LogP contribution is -2.20. The molecule has 0 aliphatic carbocycles. The van der Waals surface area contributed by atoms with Crippen molar-refractivity contribution in [3.8, 4) is 0 Å². The normalized spacial score (nSPS) is 11.4. The molecule has 0 fully saturated rings. The maximum atomic E-state index is 13.6. The summed E-state index contributed by atoms with van der Waals surface area (Å²) in [5, 5.41) is 23.8. The lowest BCUT2D eigenvalue weighted by molar-refractivity contribution is -0.115. The molecule has 0 aliphatic rings. The topological polar surface area (TPSA) is 133 Å². The monoisotopic (exact) mass is 568 g/mol. The number of carboxylic acids is 2. The van der Waals surface area contributed by atoms with Crippen molar-refractivity contribution < 1.29 is 29.4 Å². The van der Waals surface area contributed by atoms with E-state index in [0.717, 1.165) is 39.8 Å². The van der Waals surface area contributed by atoms with Crippen molar-refractivity contribution in [1.82, 2.24) is 0 Å². The van der Waals surface area contributed by atoms with Gasteiger partial charge in [-0.3, -0.25) is 9.59 Å². The number of benzene rings is 4. The number of amides is 2. The molecule has 1 unspecified atom stereocenters. The van der Waals surface area contributed by atoms with E-state index in [0.29, 0.717) is 5.69 Å². The Labute approximate surface area is 241 Å². The van der Waals surface area contributed by atoms with E-state index in [2.05, 4.69) is 10.6 Å². The molecule has 9 heteroatoms. The number of thioether (sulfide) groups is 1. The number of carbonyl (C=O) groups is 4. The van der Waals surface area contributed by atoms with Crippen LogP contribution in [0.25, 0.3) is 0 Å². The minimum atomic E-state index is -1.41. The standard InChI is InChI=1S/C32H28N2O6S/c1-3-20-11-7-8-19(2)27(20)34-30(36)28(21-9-5-4-6-10-21)41-24-15-13-23(14-16-24)33-29(35)25-17-12-22(31(37)38)18-26(25)32(39)40/h4-18,28H,3H2,1-2H3,(H,33,35)(H,34,36)(H,37,38)(H,39,40). The Morgan fingerprint density at radius 1 is 0.780 bits per heavy atom. The summed E-state index contributed by atoms with van der Waals surface area (Å²) in [6.45, 7) is 4.01. The summed E-state index contributed by atoms with van der Waals surface area (Å²) < 4.78 is 0. The van der Waals surface area contributed by atoms with Crippen LogP contribution in [-0.4, -0.2) is 34.0 Å². The van der Waals surface area contributed by atoms with Gasteiger partial charge in [0, 0.05) is 16.3 Å². The van der Waals surface area contributed by atoms with Gasteiger partial charge in [-0.2, -0.15) is 0 Å². The van der Waals surface area contributed by atoms with Gasteiger partial charge in [-0.15, -0.1) is 11.8 Å². The second kappa shape index (κ2) is 13.0. The molecule has 0 aromatic heterocycles. The fourth-order valence-electron chi connectivity index (χ4n) is 4.30. The maximum Gasteiger partial charge on any atom is 0.336 e. The fraction of sp³-hybridized carbons (Fsp3) is 0.125. The lowest BCUT2D eigenvalue weighted by Gasteiger charge is -2.20. The van der Waals surface area contributed by atoms with E-state index < -0.39 is 28.7 Å². The Morgan fingerprint density at radius 2 is 1.49 bits per heavy atom. The summed E-state index contributed by atoms with van der Waals surface area (Å²) >= 11 is 1.37. The molecule has 208 valence electrons. The number of aryl methyl sites for hydroxylation is 2. The number of hydrogen-bond donors (Lipinski definition) is 4. The number of anilines is 2. The molecule has 41 heavy (non-hydrogen) atoms. The number of rotatable bonds is 10. The molecule has 4 rings (SSSR count). The van der Waals surface area contributed by atoms with Gasteiger partial charge in [0.05, 0.1) is 16.7 Å². The number of aromatic carboxylic acids is 2. The van der Waals surface area contributed by atoms with Crippen molar-refractivity contribution in [2.24, 2.45) is 0 Å². The van der Waals surface area contributed by atoms with Gasteiger partial charge < -0.3 is 20.8 Å². The van der Waals surface area contributed by atoms with Gasteiger partial charge in [0.25, 0.3) is 5.91 Å². The molecule has 4 aromatic rings. The first kappa shape index (κ1) is 29.1. The molecule has 4 N–H and O–H groups in total. The number of hydrogen-bond acceptors (Lipinski definition) is 5. The van der Waals surface area contributed by atoms with E-state index in [-0.39, 0.29) is 17.0 Å². The third-order valence-electron chi connectivity index (χ3n) is 6.44. The molecule has 0 saturated heterocycles. The van der Waals surface area contributed by atoms with E-state index >= 15 is 0 Å². The first-order valence-electron chi connectivity index (χ1n) is 12.8. The van der Waals surface area contributed by atoms with Gasteiger partial charge in [-0.1, -0.05) is 55.5 Å². The smallest absolute Gasteiger partial charge is 0.336 e. The molecule has 0 aliphatic heterocycles. The highest BCUT2D eigenvalue weighted by Crippen LogP contribution is 2.37. The second-order valence-corrected chi connectivity index (χ2v) is 10.4. The SMILES string of the molecule is CCc1cccc(C)c1NC(=O)C(Sc1ccc(NC(=O)c2ccc(C(=O)O)cc2C(=O)O)cc1)c1ccccc1. The molecule has 2 amide bonds. The van der Waals surface area contributed by atoms with Crippen LogP contribution in [0, 0.1) is 6.92 Å². The van der Waals surface area contributed by atoms with Gasteiger partial charge in [-0.25, -0.2) is 9.59 Å². The number of carbonyl (C=O) groups excluding carboxylic acids is 2. The predicted octanol–water partition coefficient (Wildman–Crippen LogP) is 6.68. The predicted molar refractivity (Wildman–Crippen MR) is 159 cm³/mol. The Hall–Kier alpha value is -4.89. The van der Waals surface area contributed by atoms with E-state index in [9.17, 15) is 24.3 Å². The average molecular weight is 569 g/mol. The summed E-state index contributed by atoms with van der Waals surface area (Å²) in [7, 11) is 0. The minimum Gasteiger partial charge on any atom is -0.478 e. The van der Waals surface area contributed by atoms with Crippen molar-refractivity contribution >= 4 is 46.9 Å². The highest BCUT2D eigenvalue weighted by molar-refractivity contribution is 8.00. The Kier molecular flexibility index (Phi) is 9.21. The number of carboxylic acid groups (broad SMARTS) is 2. The highest BCUT2D eigenvalue weighted by Gasteiger charge is 2.24. The molecule has 0 saturated carbocycles. The Morgan fingerprint density at radius 3 is 2.12 bits per heavy atom. The van der Waals surface area contributed by atoms with Crippen molar-refractivity contribution in [3.63, 3.8) is 0 Å². The minimum absolute atomic E-state index is 0.159. The summed E-state index contributed by atoms with van der Waals surface area (Å²) in [6.07, 6.45) is 0.783. The van der Waals surface area contributed by atoms with Crippen molar-refractivity contribution in [2.45, 2.75) is 30.4 Å². The first-order valence-corrected chi connectivity index (χ1v) is 13.7. The highest BCUT2D eigenvalue weighted by atomic mass is 32.2. The quantitative estimate of drug-likeness (QED) is 0.157. The Bertz CT molecular complexity index is 1600. The van der Waals surface area contributed by atoms with Crippen molar-refractivity contribution in [3.05, 3.63) is 124 Å². The van der Waals surface area contributed by atoms with E-state index in [1.54, 1.807) is 24.3 Å². The van der Waals surface area contributed by atoms with Gasteiger partial charge in [0.2, 0.25) is 5.91 Å². The van der Waals surface area contributed by atoms with Crippen LogP contribution in [0.2, 0.25) is 0 Å². The maximum absolute atomic E-state index is 13.6. The number of nitrogens with one attached hydrogen (secondary N) is 2. The van der Waals surface area contributed by atoms with Gasteiger partial charge in [0.1, 0.15) is 5.25 Å². The molecule has 8 nitrogen and oxygen atoms in total. The Balaban J connectivity index is 1.53. The molecule has 0 radical (unpaired) electrons. The molecular weight excluding hydrogens is 540 g/mol. The van der Waals surface area contributed by atoms with Crippen LogP contribution >= 0.6 is 11.8 Å². The third-order valence-corrected chi connectivity index (χ3v) is 7.70. The lowest BCUT2D eigenvalue weighted by atomic mass is 10.0. The van der Waals surface area contributed by atoms with Gasteiger partial charge in [0.15, 0.2) is 0 Å². The van der Waals surface area contributed by atoms with Crippen LogP contribution < -0.4 is 10.6 Å². The van der Waals surface area contributed by atoms with Crippen LogP contribution in [0.5, 0.6) is 0 Å². The molecule has 4 aromatic carbocycles. The molecule has 1 atom stereocenters. The zero-order valence-electron chi connectivity index (χ0n) is 22.4. The van der Waals surface area contributed by atoms with Crippen molar-refractivity contribution in [2.75, 3.05) is 10.6 Å². The van der Waals surface area contributed by atoms with Crippen LogP contribution in [0.3, 0.4) is 0 Å². The largest absolute Gasteiger partial charge is 0.478 e. The van der Waals surface area contributed by atoms with Crippen LogP contribution in [0.15, 0.2) is 95.9 Å². The zero-order valence-corrected chi connectivity index (χ0v) is 23.2. The van der Waals surface area contributed by atoms with Gasteiger partial charge in [-0.05, 0) is 72.5 Å². The molecular formula is C32H28N2O6S. The average Bonchev–Trinajstić information content (AvgIpc) is 2.97. The van der Waals surface area contributed by atoms with Crippen molar-refractivity contribution in [1.29, 1.82) is 0 Å². The molecule has 0 bridgehead atoms. The summed E-state index contributed by atoms with van der Waals surface area (Å²) in [5.74, 6) is -3.55. The fourth-order valence-corrected chi connectivity index (χ4v) is 5.32. The molecule has 0 spiro atoms. The van der Waals surface area contributed by atoms with Crippen LogP contribution in [0.1, 0.15) is 59.9 Å². The van der Waals surface area contributed by atoms with Crippen LogP contribution in [0.4, 0.5) is 11.4 Å². The summed E-state index contributed by atoms with van der Waals surface area (Å²) in [6, 6.07) is 25.5. The number of para-hydroxylation sites is 1. The zero-order chi connectivity index (χ0) is 29.5. The summed E-state index contributed by atoms with van der Waals surface area (Å²) in [4.78, 5) is 50.0.